The Morgan fingerprint density at radius 1 is 1.07 bits per heavy atom. The van der Waals surface area contributed by atoms with Crippen LogP contribution in [0, 0.1) is 11.6 Å². The molecule has 0 amide bonds. The smallest absolute Gasteiger partial charge is 0.180 e. The van der Waals surface area contributed by atoms with E-state index in [1.165, 1.54) is 13.8 Å². The van der Waals surface area contributed by atoms with Crippen LogP contribution in [0.2, 0.25) is 0 Å². The summed E-state index contributed by atoms with van der Waals surface area (Å²) in [6.45, 7) is 2.91. The Kier molecular flexibility index (Phi) is 2.89. The molecule has 0 radical (unpaired) electrons. The van der Waals surface area contributed by atoms with Crippen molar-refractivity contribution in [2.75, 3.05) is 0 Å². The topological polar surface area (TPSA) is 34.1 Å². The molecule has 0 heterocycles. The first-order valence-corrected chi connectivity index (χ1v) is 5.58. The SMILES string of the molecule is CC(C)S(=O)(=O)c1cc(F)cc(F)c1. The highest BCUT2D eigenvalue weighted by atomic mass is 32.2. The van der Waals surface area contributed by atoms with Gasteiger partial charge in [-0.3, -0.25) is 0 Å². The third-order valence-corrected chi connectivity index (χ3v) is 3.92. The van der Waals surface area contributed by atoms with Gasteiger partial charge in [-0.25, -0.2) is 17.2 Å². The van der Waals surface area contributed by atoms with Crippen LogP contribution in [0.1, 0.15) is 13.8 Å². The molecular weight excluding hydrogens is 210 g/mol. The van der Waals surface area contributed by atoms with Crippen LogP contribution in [0.3, 0.4) is 0 Å². The molecule has 0 aliphatic rings. The number of hydrogen-bond donors (Lipinski definition) is 0. The Bertz CT molecular complexity index is 418. The third kappa shape index (κ3) is 2.09. The summed E-state index contributed by atoms with van der Waals surface area (Å²) in [5.74, 6) is -1.77. The van der Waals surface area contributed by atoms with Crippen molar-refractivity contribution in [1.82, 2.24) is 0 Å². The average Bonchev–Trinajstić information content (AvgIpc) is 2.01. The lowest BCUT2D eigenvalue weighted by molar-refractivity contribution is 0.564. The van der Waals surface area contributed by atoms with Crippen LogP contribution in [-0.4, -0.2) is 13.7 Å². The quantitative estimate of drug-likeness (QED) is 0.765. The van der Waals surface area contributed by atoms with Crippen LogP contribution in [0.25, 0.3) is 0 Å². The highest BCUT2D eigenvalue weighted by Gasteiger charge is 2.20. The monoisotopic (exact) mass is 220 g/mol. The van der Waals surface area contributed by atoms with Crippen molar-refractivity contribution in [1.29, 1.82) is 0 Å². The van der Waals surface area contributed by atoms with Crippen molar-refractivity contribution in [2.45, 2.75) is 24.0 Å². The molecule has 0 spiro atoms. The summed E-state index contributed by atoms with van der Waals surface area (Å²) in [5.41, 5.74) is 0. The summed E-state index contributed by atoms with van der Waals surface area (Å²) in [6.07, 6.45) is 0. The van der Waals surface area contributed by atoms with Gasteiger partial charge < -0.3 is 0 Å². The normalized spacial score (nSPS) is 12.1. The molecule has 0 aliphatic heterocycles. The molecule has 0 aliphatic carbocycles. The van der Waals surface area contributed by atoms with E-state index in [1.807, 2.05) is 0 Å². The Hall–Kier alpha value is -0.970. The number of halogens is 2. The van der Waals surface area contributed by atoms with Crippen LogP contribution < -0.4 is 0 Å². The Labute approximate surface area is 81.5 Å². The van der Waals surface area contributed by atoms with E-state index >= 15 is 0 Å². The molecule has 0 unspecified atom stereocenters. The standard InChI is InChI=1S/C9H10F2O2S/c1-6(2)14(12,13)9-4-7(10)3-8(11)5-9/h3-6H,1-2H3. The predicted molar refractivity (Wildman–Crippen MR) is 48.7 cm³/mol. The number of hydrogen-bond acceptors (Lipinski definition) is 2. The Balaban J connectivity index is 3.34. The fourth-order valence-electron chi connectivity index (χ4n) is 0.965. The van der Waals surface area contributed by atoms with E-state index in [1.54, 1.807) is 0 Å². The Morgan fingerprint density at radius 3 is 1.86 bits per heavy atom. The van der Waals surface area contributed by atoms with Crippen molar-refractivity contribution < 1.29 is 17.2 Å². The van der Waals surface area contributed by atoms with Crippen LogP contribution in [-0.2, 0) is 9.84 Å². The number of benzene rings is 1. The molecule has 0 saturated carbocycles. The minimum absolute atomic E-state index is 0.315. The van der Waals surface area contributed by atoms with Crippen molar-refractivity contribution in [3.63, 3.8) is 0 Å². The molecule has 5 heteroatoms. The lowest BCUT2D eigenvalue weighted by Gasteiger charge is -2.07. The van der Waals surface area contributed by atoms with Gasteiger partial charge in [-0.1, -0.05) is 0 Å². The molecule has 1 rings (SSSR count). The second kappa shape index (κ2) is 3.65. The van der Waals surface area contributed by atoms with Crippen molar-refractivity contribution in [2.24, 2.45) is 0 Å². The summed E-state index contributed by atoms with van der Waals surface area (Å²) < 4.78 is 48.4. The number of sulfone groups is 1. The first-order chi connectivity index (χ1) is 6.34. The summed E-state index contributed by atoms with van der Waals surface area (Å²) in [7, 11) is -3.60. The maximum absolute atomic E-state index is 12.7. The van der Waals surface area contributed by atoms with E-state index < -0.39 is 26.7 Å². The minimum Gasteiger partial charge on any atom is -0.223 e. The number of rotatable bonds is 2. The molecule has 0 atom stereocenters. The molecule has 78 valence electrons. The van der Waals surface area contributed by atoms with Crippen molar-refractivity contribution in [3.8, 4) is 0 Å². The largest absolute Gasteiger partial charge is 0.223 e. The molecule has 0 fully saturated rings. The summed E-state index contributed by atoms with van der Waals surface area (Å²) in [4.78, 5) is -0.315. The highest BCUT2D eigenvalue weighted by molar-refractivity contribution is 7.92. The molecule has 1 aromatic rings. The van der Waals surface area contributed by atoms with E-state index in [0.717, 1.165) is 12.1 Å². The van der Waals surface area contributed by atoms with Gasteiger partial charge in [-0.2, -0.15) is 0 Å². The zero-order valence-electron chi connectivity index (χ0n) is 7.79. The second-order valence-electron chi connectivity index (χ2n) is 3.20. The van der Waals surface area contributed by atoms with Crippen molar-refractivity contribution in [3.05, 3.63) is 29.8 Å². The van der Waals surface area contributed by atoms with Gasteiger partial charge in [0.05, 0.1) is 10.1 Å². The summed E-state index contributed by atoms with van der Waals surface area (Å²) >= 11 is 0. The highest BCUT2D eigenvalue weighted by Crippen LogP contribution is 2.18. The molecule has 1 aromatic carbocycles. The minimum atomic E-state index is -3.60. The molecule has 0 saturated heterocycles. The average molecular weight is 220 g/mol. The first-order valence-electron chi connectivity index (χ1n) is 4.04. The Morgan fingerprint density at radius 2 is 1.50 bits per heavy atom. The van der Waals surface area contributed by atoms with Crippen molar-refractivity contribution >= 4 is 9.84 Å². The summed E-state index contributed by atoms with van der Waals surface area (Å²) in [5, 5.41) is -0.691. The van der Waals surface area contributed by atoms with E-state index in [2.05, 4.69) is 0 Å². The maximum atomic E-state index is 12.7. The van der Waals surface area contributed by atoms with Crippen LogP contribution in [0.4, 0.5) is 8.78 Å². The predicted octanol–water partition coefficient (Wildman–Crippen LogP) is 2.15. The van der Waals surface area contributed by atoms with Gasteiger partial charge >= 0.3 is 0 Å². The van der Waals surface area contributed by atoms with Gasteiger partial charge in [0.1, 0.15) is 11.6 Å². The maximum Gasteiger partial charge on any atom is 0.180 e. The third-order valence-electron chi connectivity index (χ3n) is 1.79. The molecule has 0 N–H and O–H groups in total. The lowest BCUT2D eigenvalue weighted by atomic mass is 10.3. The molecule has 14 heavy (non-hydrogen) atoms. The van der Waals surface area contributed by atoms with Gasteiger partial charge in [-0.15, -0.1) is 0 Å². The van der Waals surface area contributed by atoms with Gasteiger partial charge in [0.2, 0.25) is 0 Å². The van der Waals surface area contributed by atoms with E-state index in [-0.39, 0.29) is 4.90 Å². The fourth-order valence-corrected chi connectivity index (χ4v) is 2.06. The molecule has 0 aromatic heterocycles. The van der Waals surface area contributed by atoms with Crippen LogP contribution in [0.5, 0.6) is 0 Å². The molecule has 0 bridgehead atoms. The molecular formula is C9H10F2O2S. The first kappa shape index (κ1) is 11.1. The van der Waals surface area contributed by atoms with Gasteiger partial charge in [-0.05, 0) is 26.0 Å². The van der Waals surface area contributed by atoms with Crippen LogP contribution in [0.15, 0.2) is 23.1 Å². The summed E-state index contributed by atoms with van der Waals surface area (Å²) in [6, 6.07) is 2.27. The lowest BCUT2D eigenvalue weighted by Crippen LogP contribution is -2.14. The van der Waals surface area contributed by atoms with Gasteiger partial charge in [0.15, 0.2) is 9.84 Å². The zero-order valence-corrected chi connectivity index (χ0v) is 8.61. The van der Waals surface area contributed by atoms with E-state index in [9.17, 15) is 17.2 Å². The van der Waals surface area contributed by atoms with E-state index in [4.69, 9.17) is 0 Å². The second-order valence-corrected chi connectivity index (χ2v) is 5.70. The zero-order chi connectivity index (χ0) is 10.9. The van der Waals surface area contributed by atoms with Gasteiger partial charge in [0, 0.05) is 6.07 Å². The molecule has 2 nitrogen and oxygen atoms in total. The van der Waals surface area contributed by atoms with Gasteiger partial charge in [0.25, 0.3) is 0 Å². The van der Waals surface area contributed by atoms with E-state index in [0.29, 0.717) is 6.07 Å². The fraction of sp³-hybridized carbons (Fsp3) is 0.333. The van der Waals surface area contributed by atoms with Crippen LogP contribution >= 0.6 is 0 Å².